The van der Waals surface area contributed by atoms with Gasteiger partial charge in [-0.25, -0.2) is 19.5 Å². The Balaban J connectivity index is 0.000000369. The van der Waals surface area contributed by atoms with Gasteiger partial charge in [0.1, 0.15) is 17.9 Å². The van der Waals surface area contributed by atoms with Crippen molar-refractivity contribution in [1.29, 1.82) is 0 Å². The van der Waals surface area contributed by atoms with Crippen LogP contribution in [-0.4, -0.2) is 61.6 Å². The van der Waals surface area contributed by atoms with E-state index in [1.54, 1.807) is 17.7 Å². The molecule has 0 saturated heterocycles. The number of Topliss-reactive ketones (excluding diaryl/α,β-unsaturated/α-hetero) is 2. The molecule has 3 rings (SSSR count). The molecule has 0 unspecified atom stereocenters. The summed E-state index contributed by atoms with van der Waals surface area (Å²) in [5.74, 6) is 0.933. The maximum absolute atomic E-state index is 10.0. The lowest BCUT2D eigenvalue weighted by Gasteiger charge is -1.97. The largest absolute Gasteiger partial charge is 0.397 e. The Morgan fingerprint density at radius 1 is 1.26 bits per heavy atom. The van der Waals surface area contributed by atoms with Gasteiger partial charge in [0.2, 0.25) is 5.96 Å². The Bertz CT molecular complexity index is 746. The van der Waals surface area contributed by atoms with Gasteiger partial charge in [0.15, 0.2) is 0 Å². The summed E-state index contributed by atoms with van der Waals surface area (Å²) in [4.78, 5) is 35.6. The number of nitrogens with zero attached hydrogens (tertiary/aromatic N) is 6. The second-order valence-corrected chi connectivity index (χ2v) is 5.42. The molecule has 0 spiro atoms. The van der Waals surface area contributed by atoms with E-state index in [1.165, 1.54) is 20.2 Å². The van der Waals surface area contributed by atoms with Crippen LogP contribution in [0.1, 0.15) is 38.4 Å². The molecule has 2 aromatic heterocycles. The molecule has 0 aromatic carbocycles. The summed E-state index contributed by atoms with van der Waals surface area (Å²) in [7, 11) is 0. The Kier molecular flexibility index (Phi) is 11.8. The van der Waals surface area contributed by atoms with Crippen LogP contribution < -0.4 is 5.73 Å². The minimum atomic E-state index is -0.0625. The Labute approximate surface area is 158 Å². The molecule has 1 aliphatic rings. The van der Waals surface area contributed by atoms with Gasteiger partial charge < -0.3 is 10.8 Å². The van der Waals surface area contributed by atoms with Gasteiger partial charge in [0, 0.05) is 24.7 Å². The third-order valence-corrected chi connectivity index (χ3v) is 2.76. The standard InChI is InChI=1S/C7H8N4.C5H8O2.C3H5N3.C2H6O/c1-5-3-11-7(8-4-9-11)10-6(5)2;1-4(6)3-5(2)7;4-3-5-1-2-6-3;1-2-3/h3-4H,1-2H3;3H2,1-2H3;1H,2H2,(H2,4,6);3H,2H2,1H3. The van der Waals surface area contributed by atoms with Gasteiger partial charge in [0.25, 0.3) is 5.78 Å². The minimum absolute atomic E-state index is 0.0625. The number of nitrogens with two attached hydrogens (primary N) is 1. The molecule has 10 nitrogen and oxygen atoms in total. The first kappa shape index (κ1) is 24.0. The van der Waals surface area contributed by atoms with Crippen LogP contribution in [0.5, 0.6) is 0 Å². The summed E-state index contributed by atoms with van der Waals surface area (Å²) < 4.78 is 1.67. The molecule has 1 aliphatic heterocycles. The number of aliphatic hydroxyl groups excluding tert-OH is 1. The quantitative estimate of drug-likeness (QED) is 0.731. The SMILES string of the molecule is CC(=O)CC(C)=O.CCO.Cc1cn2ncnc2nc1C.NC1=NCC=N1. The van der Waals surface area contributed by atoms with E-state index in [-0.39, 0.29) is 24.6 Å². The number of aryl methyl sites for hydroxylation is 2. The molecule has 10 heteroatoms. The van der Waals surface area contributed by atoms with Gasteiger partial charge >= 0.3 is 0 Å². The molecule has 0 aliphatic carbocycles. The fraction of sp³-hybridized carbons (Fsp3) is 0.471. The molecule has 148 valence electrons. The predicted molar refractivity (Wildman–Crippen MR) is 104 cm³/mol. The van der Waals surface area contributed by atoms with E-state index in [4.69, 9.17) is 10.8 Å². The first-order valence-corrected chi connectivity index (χ1v) is 8.26. The van der Waals surface area contributed by atoms with Gasteiger partial charge in [0.05, 0.1) is 13.0 Å². The number of guanidine groups is 1. The maximum Gasteiger partial charge on any atom is 0.252 e. The van der Waals surface area contributed by atoms with Crippen LogP contribution in [0.2, 0.25) is 0 Å². The zero-order valence-electron chi connectivity index (χ0n) is 16.4. The molecule has 0 amide bonds. The number of aliphatic imine (C=N–C) groups is 2. The number of ketones is 2. The molecule has 0 radical (unpaired) electrons. The van der Waals surface area contributed by atoms with Crippen LogP contribution in [0, 0.1) is 13.8 Å². The van der Waals surface area contributed by atoms with Gasteiger partial charge in [-0.1, -0.05) is 0 Å². The normalized spacial score (nSPS) is 11.3. The number of hydrogen-bond donors (Lipinski definition) is 2. The zero-order valence-corrected chi connectivity index (χ0v) is 16.4. The lowest BCUT2D eigenvalue weighted by atomic mass is 10.2. The molecular formula is C17H27N7O3. The lowest BCUT2D eigenvalue weighted by Crippen LogP contribution is -2.03. The summed E-state index contributed by atoms with van der Waals surface area (Å²) in [5, 5.41) is 11.5. The molecule has 0 bridgehead atoms. The van der Waals surface area contributed by atoms with E-state index in [1.807, 2.05) is 20.0 Å². The van der Waals surface area contributed by atoms with Gasteiger partial charge in [-0.3, -0.25) is 9.59 Å². The van der Waals surface area contributed by atoms with E-state index in [0.717, 1.165) is 11.3 Å². The highest BCUT2D eigenvalue weighted by atomic mass is 16.2. The van der Waals surface area contributed by atoms with Crippen molar-refractivity contribution >= 4 is 29.5 Å². The molecular weight excluding hydrogens is 350 g/mol. The molecule has 2 aromatic rings. The summed E-state index contributed by atoms with van der Waals surface area (Å²) in [5.41, 5.74) is 7.22. The molecule has 0 atom stereocenters. The molecule has 3 N–H and O–H groups in total. The average molecular weight is 377 g/mol. The summed E-state index contributed by atoms with van der Waals surface area (Å²) in [6, 6.07) is 0. The van der Waals surface area contributed by atoms with Crippen molar-refractivity contribution in [2.24, 2.45) is 15.7 Å². The van der Waals surface area contributed by atoms with E-state index < -0.39 is 0 Å². The van der Waals surface area contributed by atoms with Crippen molar-refractivity contribution in [1.82, 2.24) is 19.6 Å². The second-order valence-electron chi connectivity index (χ2n) is 5.42. The van der Waals surface area contributed by atoms with Crippen LogP contribution in [-0.2, 0) is 9.59 Å². The number of carbonyl (C=O) groups is 2. The molecule has 3 heterocycles. The van der Waals surface area contributed by atoms with E-state index >= 15 is 0 Å². The number of aromatic nitrogens is 4. The van der Waals surface area contributed by atoms with Crippen LogP contribution in [0.3, 0.4) is 0 Å². The molecule has 0 saturated carbocycles. The van der Waals surface area contributed by atoms with Gasteiger partial charge in [-0.05, 0) is 40.2 Å². The van der Waals surface area contributed by atoms with Gasteiger partial charge in [-0.2, -0.15) is 10.1 Å². The third-order valence-electron chi connectivity index (χ3n) is 2.76. The number of rotatable bonds is 2. The predicted octanol–water partition coefficient (Wildman–Crippen LogP) is 0.680. The van der Waals surface area contributed by atoms with Crippen molar-refractivity contribution in [3.63, 3.8) is 0 Å². The Hall–Kier alpha value is -3.01. The van der Waals surface area contributed by atoms with Gasteiger partial charge in [-0.15, -0.1) is 0 Å². The van der Waals surface area contributed by atoms with Crippen molar-refractivity contribution in [3.05, 3.63) is 23.8 Å². The lowest BCUT2D eigenvalue weighted by molar-refractivity contribution is -0.124. The minimum Gasteiger partial charge on any atom is -0.397 e. The van der Waals surface area contributed by atoms with Crippen molar-refractivity contribution in [2.45, 2.75) is 41.0 Å². The number of aliphatic hydroxyl groups is 1. The third kappa shape index (κ3) is 11.3. The van der Waals surface area contributed by atoms with Crippen LogP contribution in [0.15, 0.2) is 22.5 Å². The number of hydrogen-bond acceptors (Lipinski definition) is 9. The van der Waals surface area contributed by atoms with Crippen molar-refractivity contribution in [3.8, 4) is 0 Å². The van der Waals surface area contributed by atoms with Crippen molar-refractivity contribution in [2.75, 3.05) is 13.2 Å². The van der Waals surface area contributed by atoms with Crippen LogP contribution in [0.4, 0.5) is 0 Å². The zero-order chi connectivity index (χ0) is 20.8. The maximum atomic E-state index is 10.0. The highest BCUT2D eigenvalue weighted by Crippen LogP contribution is 2.02. The average Bonchev–Trinajstić information content (AvgIpc) is 3.20. The summed E-state index contributed by atoms with van der Waals surface area (Å²) >= 11 is 0. The van der Waals surface area contributed by atoms with E-state index in [2.05, 4.69) is 25.1 Å². The van der Waals surface area contributed by atoms with E-state index in [9.17, 15) is 9.59 Å². The molecule has 27 heavy (non-hydrogen) atoms. The first-order chi connectivity index (χ1) is 12.7. The fourth-order valence-electron chi connectivity index (χ4n) is 1.59. The topological polar surface area (TPSA) is 148 Å². The van der Waals surface area contributed by atoms with Crippen LogP contribution in [0.25, 0.3) is 5.78 Å². The fourth-order valence-corrected chi connectivity index (χ4v) is 1.59. The highest BCUT2D eigenvalue weighted by Gasteiger charge is 1.99. The first-order valence-electron chi connectivity index (χ1n) is 8.26. The Morgan fingerprint density at radius 3 is 2.22 bits per heavy atom. The van der Waals surface area contributed by atoms with Crippen LogP contribution >= 0.6 is 0 Å². The summed E-state index contributed by atoms with van der Waals surface area (Å²) in [6.45, 7) is 9.36. The monoisotopic (exact) mass is 377 g/mol. The number of fused-ring (bicyclic) bond motifs is 1. The summed E-state index contributed by atoms with van der Waals surface area (Å²) in [6.07, 6.45) is 5.18. The van der Waals surface area contributed by atoms with E-state index in [0.29, 0.717) is 18.3 Å². The molecule has 0 fully saturated rings. The highest BCUT2D eigenvalue weighted by molar-refractivity contribution is 5.96. The second kappa shape index (κ2) is 13.2. The van der Waals surface area contributed by atoms with Crippen molar-refractivity contribution < 1.29 is 14.7 Å². The number of carbonyl (C=O) groups excluding carboxylic acids is 2. The smallest absolute Gasteiger partial charge is 0.252 e. The Morgan fingerprint density at radius 2 is 1.85 bits per heavy atom.